The summed E-state index contributed by atoms with van der Waals surface area (Å²) >= 11 is 0. The van der Waals surface area contributed by atoms with Crippen LogP contribution in [0.2, 0.25) is 0 Å². The first-order valence-electron chi connectivity index (χ1n) is 5.20. The minimum Gasteiger partial charge on any atom is -0.494 e. The first kappa shape index (κ1) is 12.1. The summed E-state index contributed by atoms with van der Waals surface area (Å²) in [5, 5.41) is 11.3. The van der Waals surface area contributed by atoms with Gasteiger partial charge in [-0.15, -0.1) is 0 Å². The molecule has 2 rings (SSSR count). The predicted molar refractivity (Wildman–Crippen MR) is 65.5 cm³/mol. The van der Waals surface area contributed by atoms with E-state index in [9.17, 15) is 14.5 Å². The molecule has 2 aromatic rings. The Morgan fingerprint density at radius 2 is 2.28 bits per heavy atom. The molecule has 0 aliphatic carbocycles. The molecule has 18 heavy (non-hydrogen) atoms. The largest absolute Gasteiger partial charge is 0.494 e. The van der Waals surface area contributed by atoms with Crippen LogP contribution in [0.1, 0.15) is 12.5 Å². The number of hydrogen-bond acceptors (Lipinski definition) is 3. The number of ether oxygens (including phenoxy) is 1. The van der Waals surface area contributed by atoms with Crippen LogP contribution in [0.4, 0.5) is 4.39 Å². The molecule has 94 valence electrons. The Morgan fingerprint density at radius 3 is 2.89 bits per heavy atom. The van der Waals surface area contributed by atoms with Crippen molar-refractivity contribution in [2.75, 3.05) is 7.11 Å². The number of aromatic nitrogens is 1. The lowest BCUT2D eigenvalue weighted by molar-refractivity contribution is -0.422. The van der Waals surface area contributed by atoms with Gasteiger partial charge in [0.25, 0.3) is 0 Å². The van der Waals surface area contributed by atoms with Crippen LogP contribution in [0.5, 0.6) is 5.75 Å². The molecule has 6 heteroatoms. The highest BCUT2D eigenvalue weighted by Crippen LogP contribution is 2.27. The maximum Gasteiger partial charge on any atom is 0.243 e. The van der Waals surface area contributed by atoms with Crippen molar-refractivity contribution in [2.24, 2.45) is 0 Å². The first-order valence-corrected chi connectivity index (χ1v) is 5.20. The number of methoxy groups -OCH3 is 1. The van der Waals surface area contributed by atoms with Crippen molar-refractivity contribution in [3.63, 3.8) is 0 Å². The highest BCUT2D eigenvalue weighted by atomic mass is 19.1. The minimum absolute atomic E-state index is 0.0131. The summed E-state index contributed by atoms with van der Waals surface area (Å²) in [6, 6.07) is 2.81. The van der Waals surface area contributed by atoms with E-state index >= 15 is 0 Å². The second kappa shape index (κ2) is 4.48. The molecule has 1 heterocycles. The molecule has 0 fully saturated rings. The van der Waals surface area contributed by atoms with Gasteiger partial charge in [0.05, 0.1) is 12.0 Å². The number of hydrogen-bond donors (Lipinski definition) is 1. The number of fused-ring (bicyclic) bond motifs is 1. The Morgan fingerprint density at radius 1 is 1.56 bits per heavy atom. The summed E-state index contributed by atoms with van der Waals surface area (Å²) in [7, 11) is 1.37. The molecule has 5 nitrogen and oxygen atoms in total. The minimum atomic E-state index is -0.478. The van der Waals surface area contributed by atoms with Crippen LogP contribution in [0.3, 0.4) is 0 Å². The standard InChI is InChI=1S/C12H11FN2O3/c1-7(15(16)17)3-8-6-14-11-5-10(13)12(18-2)4-9(8)11/h3-6,14H,1-2H3. The van der Waals surface area contributed by atoms with Gasteiger partial charge in [0.2, 0.25) is 5.70 Å². The van der Waals surface area contributed by atoms with E-state index in [1.807, 2.05) is 0 Å². The molecule has 0 saturated heterocycles. The Labute approximate surface area is 102 Å². The number of halogens is 1. The summed E-state index contributed by atoms with van der Waals surface area (Å²) in [5.41, 5.74) is 1.20. The number of H-pyrrole nitrogens is 1. The zero-order valence-electron chi connectivity index (χ0n) is 9.86. The molecule has 0 saturated carbocycles. The maximum absolute atomic E-state index is 13.5. The fraction of sp³-hybridized carbons (Fsp3) is 0.167. The van der Waals surface area contributed by atoms with Crippen LogP contribution in [-0.4, -0.2) is 17.0 Å². The molecule has 0 atom stereocenters. The molecule has 1 aromatic heterocycles. The first-order chi connectivity index (χ1) is 8.52. The van der Waals surface area contributed by atoms with Crippen molar-refractivity contribution in [3.8, 4) is 5.75 Å². The number of aromatic amines is 1. The highest BCUT2D eigenvalue weighted by molar-refractivity contribution is 5.90. The lowest BCUT2D eigenvalue weighted by atomic mass is 10.1. The summed E-state index contributed by atoms with van der Waals surface area (Å²) in [5.74, 6) is -0.371. The Hall–Kier alpha value is -2.37. The predicted octanol–water partition coefficient (Wildman–Crippen LogP) is 2.95. The number of rotatable bonds is 3. The van der Waals surface area contributed by atoms with Crippen molar-refractivity contribution >= 4 is 17.0 Å². The zero-order chi connectivity index (χ0) is 13.3. The molecule has 0 unspecified atom stereocenters. The molecular formula is C12H11FN2O3. The zero-order valence-corrected chi connectivity index (χ0v) is 9.86. The van der Waals surface area contributed by atoms with E-state index in [1.165, 1.54) is 32.2 Å². The maximum atomic E-state index is 13.5. The fourth-order valence-electron chi connectivity index (χ4n) is 1.70. The van der Waals surface area contributed by atoms with Gasteiger partial charge in [-0.05, 0) is 6.07 Å². The van der Waals surface area contributed by atoms with Crippen LogP contribution < -0.4 is 4.74 Å². The van der Waals surface area contributed by atoms with Gasteiger partial charge in [-0.2, -0.15) is 0 Å². The van der Waals surface area contributed by atoms with E-state index < -0.39 is 10.7 Å². The smallest absolute Gasteiger partial charge is 0.243 e. The number of allylic oxidation sites excluding steroid dienone is 1. The Kier molecular flexibility index (Phi) is 3.01. The highest BCUT2D eigenvalue weighted by Gasteiger charge is 2.11. The lowest BCUT2D eigenvalue weighted by Crippen LogP contribution is -1.92. The van der Waals surface area contributed by atoms with Crippen LogP contribution in [0.15, 0.2) is 24.0 Å². The quantitative estimate of drug-likeness (QED) is 0.672. The molecule has 0 spiro atoms. The van der Waals surface area contributed by atoms with E-state index in [-0.39, 0.29) is 11.4 Å². The van der Waals surface area contributed by atoms with Gasteiger partial charge >= 0.3 is 0 Å². The van der Waals surface area contributed by atoms with Crippen molar-refractivity contribution in [2.45, 2.75) is 6.92 Å². The van der Waals surface area contributed by atoms with Gasteiger partial charge in [0, 0.05) is 41.7 Å². The van der Waals surface area contributed by atoms with Crippen molar-refractivity contribution in [3.05, 3.63) is 45.5 Å². The van der Waals surface area contributed by atoms with E-state index in [0.29, 0.717) is 16.5 Å². The SMILES string of the molecule is COc1cc2c(C=C(C)[N+](=O)[O-])c[nH]c2cc1F. The number of nitrogens with zero attached hydrogens (tertiary/aromatic N) is 1. The van der Waals surface area contributed by atoms with Crippen molar-refractivity contribution < 1.29 is 14.1 Å². The molecule has 1 N–H and O–H groups in total. The molecule has 0 aliphatic heterocycles. The third-order valence-corrected chi connectivity index (χ3v) is 2.64. The van der Waals surface area contributed by atoms with Crippen LogP contribution in [0, 0.1) is 15.9 Å². The van der Waals surface area contributed by atoms with E-state index in [0.717, 1.165) is 0 Å². The lowest BCUT2D eigenvalue weighted by Gasteiger charge is -2.01. The third kappa shape index (κ3) is 2.04. The van der Waals surface area contributed by atoms with E-state index in [1.54, 1.807) is 6.20 Å². The van der Waals surface area contributed by atoms with Crippen LogP contribution in [-0.2, 0) is 0 Å². The van der Waals surface area contributed by atoms with E-state index in [4.69, 9.17) is 4.74 Å². The molecule has 0 radical (unpaired) electrons. The Balaban J connectivity index is 2.60. The number of nitro groups is 1. The summed E-state index contributed by atoms with van der Waals surface area (Å²) in [4.78, 5) is 13.0. The van der Waals surface area contributed by atoms with Gasteiger partial charge in [0.1, 0.15) is 0 Å². The molecule has 0 bridgehead atoms. The Bertz CT molecular complexity index is 646. The average molecular weight is 250 g/mol. The van der Waals surface area contributed by atoms with Gasteiger partial charge in [-0.1, -0.05) is 0 Å². The van der Waals surface area contributed by atoms with Gasteiger partial charge in [-0.3, -0.25) is 10.1 Å². The van der Waals surface area contributed by atoms with E-state index in [2.05, 4.69) is 4.98 Å². The third-order valence-electron chi connectivity index (χ3n) is 2.64. The van der Waals surface area contributed by atoms with Gasteiger partial charge in [-0.25, -0.2) is 4.39 Å². The normalized spacial score (nSPS) is 11.8. The summed E-state index contributed by atoms with van der Waals surface area (Å²) in [6.07, 6.45) is 3.02. The van der Waals surface area contributed by atoms with Crippen LogP contribution in [0.25, 0.3) is 17.0 Å². The molecule has 0 aliphatic rings. The van der Waals surface area contributed by atoms with Gasteiger partial charge in [0.15, 0.2) is 11.6 Å². The average Bonchev–Trinajstić information content (AvgIpc) is 2.70. The topological polar surface area (TPSA) is 68.2 Å². The van der Waals surface area contributed by atoms with Crippen molar-refractivity contribution in [1.82, 2.24) is 4.98 Å². The van der Waals surface area contributed by atoms with Crippen LogP contribution >= 0.6 is 0 Å². The fourth-order valence-corrected chi connectivity index (χ4v) is 1.70. The number of nitrogens with one attached hydrogen (secondary N) is 1. The second-order valence-corrected chi connectivity index (χ2v) is 3.82. The summed E-state index contributed by atoms with van der Waals surface area (Å²) < 4.78 is 18.3. The van der Waals surface area contributed by atoms with Gasteiger partial charge < -0.3 is 9.72 Å². The molecule has 0 amide bonds. The molecular weight excluding hydrogens is 239 g/mol. The van der Waals surface area contributed by atoms with Crippen molar-refractivity contribution in [1.29, 1.82) is 0 Å². The second-order valence-electron chi connectivity index (χ2n) is 3.82. The monoisotopic (exact) mass is 250 g/mol. The summed E-state index contributed by atoms with van der Waals surface area (Å²) in [6.45, 7) is 1.40. The number of benzene rings is 1. The molecule has 1 aromatic carbocycles.